The van der Waals surface area contributed by atoms with Gasteiger partial charge in [-0.25, -0.2) is 9.31 Å². The lowest BCUT2D eigenvalue weighted by Crippen LogP contribution is -2.02. The maximum absolute atomic E-state index is 12.3. The predicted octanol–water partition coefficient (Wildman–Crippen LogP) is 4.61. The van der Waals surface area contributed by atoms with E-state index in [1.807, 2.05) is 42.5 Å². The Kier molecular flexibility index (Phi) is 4.70. The van der Waals surface area contributed by atoms with Crippen molar-refractivity contribution in [1.82, 2.24) is 14.6 Å². The number of hydrogen-bond acceptors (Lipinski definition) is 6. The van der Waals surface area contributed by atoms with Gasteiger partial charge in [-0.15, -0.1) is 5.10 Å². The molecule has 0 spiro atoms. The molecule has 8 heteroatoms. The highest BCUT2D eigenvalue weighted by Gasteiger charge is 2.20. The number of oxime groups is 1. The second-order valence-electron chi connectivity index (χ2n) is 5.68. The van der Waals surface area contributed by atoms with Gasteiger partial charge in [0.15, 0.2) is 5.82 Å². The van der Waals surface area contributed by atoms with Crippen molar-refractivity contribution in [3.63, 3.8) is 0 Å². The Labute approximate surface area is 163 Å². The monoisotopic (exact) mass is 396 g/mol. The van der Waals surface area contributed by atoms with Crippen molar-refractivity contribution in [1.29, 1.82) is 0 Å². The quantitative estimate of drug-likeness (QED) is 0.287. The van der Waals surface area contributed by atoms with Crippen molar-refractivity contribution in [2.24, 2.45) is 5.16 Å². The van der Waals surface area contributed by atoms with Crippen LogP contribution < -0.4 is 0 Å². The Balaban J connectivity index is 1.55. The van der Waals surface area contributed by atoms with Gasteiger partial charge in [0.1, 0.15) is 4.88 Å². The van der Waals surface area contributed by atoms with E-state index in [9.17, 15) is 4.79 Å². The van der Waals surface area contributed by atoms with E-state index in [4.69, 9.17) is 16.4 Å². The van der Waals surface area contributed by atoms with Crippen molar-refractivity contribution in [3.05, 3.63) is 75.8 Å². The van der Waals surface area contributed by atoms with E-state index < -0.39 is 5.97 Å². The zero-order chi connectivity index (χ0) is 18.8. The van der Waals surface area contributed by atoms with Gasteiger partial charge in [-0.05, 0) is 36.8 Å². The van der Waals surface area contributed by atoms with Gasteiger partial charge in [-0.3, -0.25) is 0 Å². The molecule has 2 heterocycles. The molecule has 4 aromatic rings. The molecule has 0 fully saturated rings. The number of carbonyl (C=O) groups is 1. The Morgan fingerprint density at radius 3 is 2.63 bits per heavy atom. The lowest BCUT2D eigenvalue weighted by atomic mass is 10.2. The molecule has 2 aromatic heterocycles. The molecule has 0 aliphatic rings. The van der Waals surface area contributed by atoms with Gasteiger partial charge in [-0.1, -0.05) is 58.4 Å². The van der Waals surface area contributed by atoms with Gasteiger partial charge in [-0.2, -0.15) is 4.98 Å². The average Bonchev–Trinajstić information content (AvgIpc) is 3.23. The van der Waals surface area contributed by atoms with Crippen LogP contribution in [0.3, 0.4) is 0 Å². The molecule has 0 unspecified atom stereocenters. The van der Waals surface area contributed by atoms with Crippen molar-refractivity contribution < 1.29 is 9.63 Å². The molecule has 0 aliphatic heterocycles. The third-order valence-corrected chi connectivity index (χ3v) is 5.21. The summed E-state index contributed by atoms with van der Waals surface area (Å²) in [7, 11) is 0. The number of carbonyl (C=O) groups excluding carboxylic acids is 1. The van der Waals surface area contributed by atoms with Crippen molar-refractivity contribution in [2.75, 3.05) is 0 Å². The topological polar surface area (TPSA) is 68.8 Å². The van der Waals surface area contributed by atoms with Crippen LogP contribution in [0.25, 0.3) is 16.3 Å². The first-order chi connectivity index (χ1) is 13.1. The van der Waals surface area contributed by atoms with E-state index in [2.05, 4.69) is 15.2 Å². The first-order valence-electron chi connectivity index (χ1n) is 8.04. The van der Waals surface area contributed by atoms with Crippen LogP contribution in [0.15, 0.2) is 59.8 Å². The van der Waals surface area contributed by atoms with Crippen LogP contribution in [0.2, 0.25) is 5.02 Å². The van der Waals surface area contributed by atoms with Gasteiger partial charge < -0.3 is 4.84 Å². The summed E-state index contributed by atoms with van der Waals surface area (Å²) in [4.78, 5) is 22.8. The lowest BCUT2D eigenvalue weighted by Gasteiger charge is -1.97. The number of benzene rings is 2. The van der Waals surface area contributed by atoms with Crippen LogP contribution >= 0.6 is 22.9 Å². The van der Waals surface area contributed by atoms with E-state index in [1.54, 1.807) is 23.6 Å². The number of halogens is 1. The summed E-state index contributed by atoms with van der Waals surface area (Å²) in [5, 5.41) is 8.88. The number of aryl methyl sites for hydroxylation is 1. The number of aromatic nitrogens is 3. The average molecular weight is 397 g/mol. The largest absolute Gasteiger partial charge is 0.377 e. The van der Waals surface area contributed by atoms with E-state index >= 15 is 0 Å². The SMILES string of the molecule is Cc1c(C(=O)ON=Cc2ccccc2)sc2nc(-c3ccc(Cl)cc3)nn12. The second-order valence-corrected chi connectivity index (χ2v) is 7.09. The maximum Gasteiger partial charge on any atom is 0.377 e. The van der Waals surface area contributed by atoms with E-state index in [0.717, 1.165) is 11.1 Å². The minimum Gasteiger partial charge on any atom is -0.312 e. The zero-order valence-corrected chi connectivity index (χ0v) is 15.7. The Bertz CT molecular complexity index is 1130. The fraction of sp³-hybridized carbons (Fsp3) is 0.0526. The summed E-state index contributed by atoms with van der Waals surface area (Å²) in [6.07, 6.45) is 1.49. The molecule has 27 heavy (non-hydrogen) atoms. The molecule has 6 nitrogen and oxygen atoms in total. The summed E-state index contributed by atoms with van der Waals surface area (Å²) in [5.74, 6) is 0.0352. The number of rotatable bonds is 4. The number of thiazole rings is 1. The molecule has 0 radical (unpaired) electrons. The fourth-order valence-electron chi connectivity index (χ4n) is 2.47. The molecule has 0 atom stereocenters. The lowest BCUT2D eigenvalue weighted by molar-refractivity contribution is 0.0523. The van der Waals surface area contributed by atoms with Gasteiger partial charge in [0.2, 0.25) is 4.96 Å². The van der Waals surface area contributed by atoms with Gasteiger partial charge in [0.05, 0.1) is 11.9 Å². The minimum absolute atomic E-state index is 0.415. The maximum atomic E-state index is 12.3. The molecule has 0 saturated carbocycles. The van der Waals surface area contributed by atoms with Gasteiger partial charge in [0, 0.05) is 10.6 Å². The molecular formula is C19H13ClN4O2S. The van der Waals surface area contributed by atoms with Crippen molar-refractivity contribution in [3.8, 4) is 11.4 Å². The summed E-state index contributed by atoms with van der Waals surface area (Å²) in [5.41, 5.74) is 2.35. The second kappa shape index (κ2) is 7.30. The molecular weight excluding hydrogens is 384 g/mol. The van der Waals surface area contributed by atoms with Crippen LogP contribution in [0.1, 0.15) is 20.9 Å². The summed E-state index contributed by atoms with van der Waals surface area (Å²) >= 11 is 7.12. The Morgan fingerprint density at radius 2 is 1.93 bits per heavy atom. The molecule has 0 N–H and O–H groups in total. The molecule has 2 aromatic carbocycles. The normalized spacial score (nSPS) is 11.3. The standard InChI is InChI=1S/C19H13ClN4O2S/c1-12-16(18(25)26-21-11-13-5-3-2-4-6-13)27-19-22-17(23-24(12)19)14-7-9-15(20)10-8-14/h2-11H,1H3. The van der Waals surface area contributed by atoms with Crippen molar-refractivity contribution >= 4 is 40.1 Å². The molecule has 0 bridgehead atoms. The first kappa shape index (κ1) is 17.4. The Hall–Kier alpha value is -3.03. The van der Waals surface area contributed by atoms with Gasteiger partial charge >= 0.3 is 5.97 Å². The number of nitrogens with zero attached hydrogens (tertiary/aromatic N) is 4. The molecule has 4 rings (SSSR count). The van der Waals surface area contributed by atoms with Crippen LogP contribution in [0, 0.1) is 6.92 Å². The van der Waals surface area contributed by atoms with Crippen molar-refractivity contribution in [2.45, 2.75) is 6.92 Å². The number of fused-ring (bicyclic) bond motifs is 1. The molecule has 0 saturated heterocycles. The first-order valence-corrected chi connectivity index (χ1v) is 9.23. The van der Waals surface area contributed by atoms with Crippen LogP contribution in [0.5, 0.6) is 0 Å². The smallest absolute Gasteiger partial charge is 0.312 e. The highest BCUT2D eigenvalue weighted by molar-refractivity contribution is 7.19. The van der Waals surface area contributed by atoms with E-state index in [1.165, 1.54) is 17.6 Å². The molecule has 0 aliphatic carbocycles. The molecule has 134 valence electrons. The number of hydrogen-bond donors (Lipinski definition) is 0. The fourth-order valence-corrected chi connectivity index (χ4v) is 3.53. The predicted molar refractivity (Wildman–Crippen MR) is 105 cm³/mol. The minimum atomic E-state index is -0.537. The van der Waals surface area contributed by atoms with Crippen LogP contribution in [-0.2, 0) is 4.84 Å². The highest BCUT2D eigenvalue weighted by atomic mass is 35.5. The van der Waals surface area contributed by atoms with Gasteiger partial charge in [0.25, 0.3) is 0 Å². The summed E-state index contributed by atoms with van der Waals surface area (Å²) in [6.45, 7) is 1.79. The zero-order valence-electron chi connectivity index (χ0n) is 14.2. The van der Waals surface area contributed by atoms with E-state index in [0.29, 0.717) is 26.4 Å². The Morgan fingerprint density at radius 1 is 1.19 bits per heavy atom. The van der Waals surface area contributed by atoms with Crippen LogP contribution in [0.4, 0.5) is 0 Å². The third kappa shape index (κ3) is 3.60. The highest BCUT2D eigenvalue weighted by Crippen LogP contribution is 2.26. The summed E-state index contributed by atoms with van der Waals surface area (Å²) < 4.78 is 1.63. The molecule has 0 amide bonds. The summed E-state index contributed by atoms with van der Waals surface area (Å²) in [6, 6.07) is 16.7. The third-order valence-electron chi connectivity index (χ3n) is 3.84. The van der Waals surface area contributed by atoms with Crippen LogP contribution in [-0.4, -0.2) is 26.8 Å². The van der Waals surface area contributed by atoms with E-state index in [-0.39, 0.29) is 0 Å².